The lowest BCUT2D eigenvalue weighted by atomic mass is 9.95. The van der Waals surface area contributed by atoms with Crippen LogP contribution in [0.2, 0.25) is 0 Å². The molecule has 0 aliphatic carbocycles. The molecule has 1 atom stereocenters. The van der Waals surface area contributed by atoms with Gasteiger partial charge in [0.15, 0.2) is 17.3 Å². The number of ether oxygens (including phenoxy) is 2. The number of amides is 1. The number of carbonyl (C=O) groups excluding carboxylic acids is 1. The predicted molar refractivity (Wildman–Crippen MR) is 120 cm³/mol. The lowest BCUT2D eigenvalue weighted by molar-refractivity contribution is -0.118. The molecule has 3 rings (SSSR count). The van der Waals surface area contributed by atoms with E-state index in [1.165, 1.54) is 0 Å². The lowest BCUT2D eigenvalue weighted by Crippen LogP contribution is -2.43. The molecule has 1 amide bonds. The van der Waals surface area contributed by atoms with Crippen LogP contribution >= 0.6 is 0 Å². The summed E-state index contributed by atoms with van der Waals surface area (Å²) in [5.74, 6) is 1.06. The molecule has 2 aliphatic heterocycles. The van der Waals surface area contributed by atoms with Crippen molar-refractivity contribution in [1.29, 1.82) is 0 Å². The molecule has 1 aromatic carbocycles. The molecule has 0 spiro atoms. The lowest BCUT2D eigenvalue weighted by Gasteiger charge is -2.30. The summed E-state index contributed by atoms with van der Waals surface area (Å²) in [5.41, 5.74) is 1.10. The molecule has 8 nitrogen and oxygen atoms in total. The van der Waals surface area contributed by atoms with Crippen LogP contribution in [0.3, 0.4) is 0 Å². The highest BCUT2D eigenvalue weighted by atomic mass is 32.2. The standard InChI is InChI=1S/C22H29N3O5S/c1-5-29-18-10-9-16(14-19(18)30-6-2)20(15(3)4)23-22(26)17-8-7-11-25-12-13-31(27,28)24-21(17)25/h7-11,14-15,20H,5-6,12-13H2,1-4H3,(H,23,26). The first-order valence-corrected chi connectivity index (χ1v) is 12.0. The van der Waals surface area contributed by atoms with Crippen molar-refractivity contribution in [3.05, 3.63) is 47.7 Å². The van der Waals surface area contributed by atoms with Crippen molar-refractivity contribution in [2.45, 2.75) is 33.7 Å². The van der Waals surface area contributed by atoms with Crippen molar-refractivity contribution >= 4 is 21.8 Å². The summed E-state index contributed by atoms with van der Waals surface area (Å²) < 4.78 is 39.2. The molecular formula is C22H29N3O5S. The van der Waals surface area contributed by atoms with Gasteiger partial charge in [-0.05, 0) is 49.6 Å². The fourth-order valence-electron chi connectivity index (χ4n) is 3.51. The Morgan fingerprint density at radius 3 is 2.58 bits per heavy atom. The van der Waals surface area contributed by atoms with E-state index in [-0.39, 0.29) is 41.6 Å². The summed E-state index contributed by atoms with van der Waals surface area (Å²) in [6.45, 7) is 9.10. The molecule has 1 N–H and O–H groups in total. The number of allylic oxidation sites excluding steroid dienone is 2. The summed E-state index contributed by atoms with van der Waals surface area (Å²) in [5, 5.41) is 3.04. The number of carbonyl (C=O) groups is 1. The molecule has 2 heterocycles. The number of nitrogens with zero attached hydrogens (tertiary/aromatic N) is 2. The topological polar surface area (TPSA) is 97.3 Å². The monoisotopic (exact) mass is 447 g/mol. The van der Waals surface area contributed by atoms with Gasteiger partial charge in [-0.1, -0.05) is 19.9 Å². The predicted octanol–water partition coefficient (Wildman–Crippen LogP) is 2.79. The third kappa shape index (κ3) is 5.28. The van der Waals surface area contributed by atoms with Crippen LogP contribution in [0, 0.1) is 5.92 Å². The number of hydrogen-bond donors (Lipinski definition) is 1. The van der Waals surface area contributed by atoms with Crippen LogP contribution in [0.15, 0.2) is 46.5 Å². The van der Waals surface area contributed by atoms with Crippen molar-refractivity contribution in [2.75, 3.05) is 25.5 Å². The highest BCUT2D eigenvalue weighted by Gasteiger charge is 2.31. The molecule has 31 heavy (non-hydrogen) atoms. The van der Waals surface area contributed by atoms with Crippen LogP contribution in [0.5, 0.6) is 11.5 Å². The third-order valence-corrected chi connectivity index (χ3v) is 6.13. The Kier molecular flexibility index (Phi) is 7.04. The smallest absolute Gasteiger partial charge is 0.256 e. The molecule has 0 radical (unpaired) electrons. The van der Waals surface area contributed by atoms with Gasteiger partial charge in [0.2, 0.25) is 0 Å². The maximum Gasteiger partial charge on any atom is 0.256 e. The van der Waals surface area contributed by atoms with E-state index in [1.54, 1.807) is 23.3 Å². The SMILES string of the molecule is CCOc1ccc(C(NC(=O)C2=CC=CN3CCS(=O)(=O)N=C23)C(C)C)cc1OCC. The van der Waals surface area contributed by atoms with Crippen molar-refractivity contribution in [1.82, 2.24) is 10.2 Å². The Hall–Kier alpha value is -2.81. The molecule has 0 saturated carbocycles. The minimum atomic E-state index is -3.58. The average Bonchev–Trinajstić information content (AvgIpc) is 2.72. The Labute approximate surface area is 183 Å². The first kappa shape index (κ1) is 22.9. The molecule has 0 saturated heterocycles. The van der Waals surface area contributed by atoms with Crippen molar-refractivity contribution in [2.24, 2.45) is 10.3 Å². The van der Waals surface area contributed by atoms with Crippen LogP contribution in [0.4, 0.5) is 0 Å². The number of amidine groups is 1. The zero-order chi connectivity index (χ0) is 22.6. The van der Waals surface area contributed by atoms with Gasteiger partial charge < -0.3 is 19.7 Å². The molecule has 0 bridgehead atoms. The summed E-state index contributed by atoms with van der Waals surface area (Å²) >= 11 is 0. The summed E-state index contributed by atoms with van der Waals surface area (Å²) in [6, 6.07) is 5.31. The average molecular weight is 448 g/mol. The number of rotatable bonds is 8. The Morgan fingerprint density at radius 1 is 1.19 bits per heavy atom. The van der Waals surface area contributed by atoms with E-state index in [1.807, 2.05) is 45.9 Å². The van der Waals surface area contributed by atoms with Gasteiger partial charge in [-0.2, -0.15) is 0 Å². The van der Waals surface area contributed by atoms with E-state index in [0.29, 0.717) is 24.7 Å². The van der Waals surface area contributed by atoms with Gasteiger partial charge in [0.25, 0.3) is 15.9 Å². The molecule has 1 unspecified atom stereocenters. The highest BCUT2D eigenvalue weighted by Crippen LogP contribution is 2.33. The second-order valence-electron chi connectivity index (χ2n) is 7.58. The van der Waals surface area contributed by atoms with Gasteiger partial charge in [-0.15, -0.1) is 4.40 Å². The maximum absolute atomic E-state index is 13.2. The second kappa shape index (κ2) is 9.55. The number of sulfonamides is 1. The Morgan fingerprint density at radius 2 is 1.90 bits per heavy atom. The van der Waals surface area contributed by atoms with Crippen molar-refractivity contribution in [3.8, 4) is 11.5 Å². The zero-order valence-corrected chi connectivity index (χ0v) is 19.1. The molecule has 9 heteroatoms. The van der Waals surface area contributed by atoms with E-state index >= 15 is 0 Å². The summed E-state index contributed by atoms with van der Waals surface area (Å²) in [4.78, 5) is 14.8. The fourth-order valence-corrected chi connectivity index (χ4v) is 4.49. The third-order valence-electron chi connectivity index (χ3n) is 4.98. The molecular weight excluding hydrogens is 418 g/mol. The molecule has 0 aromatic heterocycles. The van der Waals surface area contributed by atoms with E-state index in [4.69, 9.17) is 9.47 Å². The van der Waals surface area contributed by atoms with E-state index in [0.717, 1.165) is 5.56 Å². The van der Waals surface area contributed by atoms with Crippen LogP contribution < -0.4 is 14.8 Å². The van der Waals surface area contributed by atoms with Crippen LogP contribution in [-0.4, -0.2) is 50.6 Å². The Bertz CT molecular complexity index is 1030. The van der Waals surface area contributed by atoms with E-state index in [9.17, 15) is 13.2 Å². The van der Waals surface area contributed by atoms with Gasteiger partial charge in [0, 0.05) is 12.7 Å². The largest absolute Gasteiger partial charge is 0.490 e. The number of hydrogen-bond acceptors (Lipinski definition) is 6. The molecule has 1 aromatic rings. The Balaban J connectivity index is 1.89. The van der Waals surface area contributed by atoms with Gasteiger partial charge in [0.05, 0.1) is 30.6 Å². The van der Waals surface area contributed by atoms with Gasteiger partial charge in [-0.25, -0.2) is 8.42 Å². The summed E-state index contributed by atoms with van der Waals surface area (Å²) in [6.07, 6.45) is 5.04. The van der Waals surface area contributed by atoms with E-state index < -0.39 is 10.0 Å². The minimum Gasteiger partial charge on any atom is -0.490 e. The van der Waals surface area contributed by atoms with Crippen LogP contribution in [0.1, 0.15) is 39.3 Å². The summed E-state index contributed by atoms with van der Waals surface area (Å²) in [7, 11) is -3.58. The van der Waals surface area contributed by atoms with Gasteiger partial charge in [-0.3, -0.25) is 4.79 Å². The first-order chi connectivity index (χ1) is 14.8. The van der Waals surface area contributed by atoms with Crippen molar-refractivity contribution in [3.63, 3.8) is 0 Å². The zero-order valence-electron chi connectivity index (χ0n) is 18.3. The van der Waals surface area contributed by atoms with Crippen LogP contribution in [-0.2, 0) is 14.8 Å². The van der Waals surface area contributed by atoms with Crippen LogP contribution in [0.25, 0.3) is 0 Å². The quantitative estimate of drug-likeness (QED) is 0.658. The fraction of sp³-hybridized carbons (Fsp3) is 0.455. The minimum absolute atomic E-state index is 0.0727. The highest BCUT2D eigenvalue weighted by molar-refractivity contribution is 7.90. The van der Waals surface area contributed by atoms with Crippen molar-refractivity contribution < 1.29 is 22.7 Å². The number of fused-ring (bicyclic) bond motifs is 1. The molecule has 0 fully saturated rings. The number of nitrogens with one attached hydrogen (secondary N) is 1. The molecule has 168 valence electrons. The second-order valence-corrected chi connectivity index (χ2v) is 9.34. The van der Waals surface area contributed by atoms with E-state index in [2.05, 4.69) is 9.71 Å². The molecule has 2 aliphatic rings. The normalized spacial score (nSPS) is 18.0. The van der Waals surface area contributed by atoms with Gasteiger partial charge in [0.1, 0.15) is 0 Å². The maximum atomic E-state index is 13.2. The van der Waals surface area contributed by atoms with Gasteiger partial charge >= 0.3 is 0 Å². The number of benzene rings is 1. The first-order valence-electron chi connectivity index (χ1n) is 10.4.